The van der Waals surface area contributed by atoms with Crippen LogP contribution >= 0.6 is 0 Å². The fourth-order valence-electron chi connectivity index (χ4n) is 0. The van der Waals surface area contributed by atoms with E-state index in [9.17, 15) is 0 Å². The first kappa shape index (κ1) is 79800. The van der Waals surface area contributed by atoms with Crippen molar-refractivity contribution in [3.63, 3.8) is 0 Å². The van der Waals surface area contributed by atoms with E-state index in [0.29, 0.717) is 0 Å². The molecular weight excluding hydrogens is 216 g/mol. The molecule has 0 spiro atoms. The molecule has 0 aromatic heterocycles. The van der Waals surface area contributed by atoms with Crippen molar-refractivity contribution in [3.8, 4) is 0 Å². The van der Waals surface area contributed by atoms with Crippen LogP contribution in [0.15, 0.2) is 0 Å². The van der Waals surface area contributed by atoms with Crippen molar-refractivity contribution < 1.29 is 71.8 Å². The van der Waals surface area contributed by atoms with Crippen molar-refractivity contribution in [1.29, 1.82) is 0 Å². The summed E-state index contributed by atoms with van der Waals surface area (Å²) in [6.45, 7) is 0. The van der Waals surface area contributed by atoms with Crippen molar-refractivity contribution in [1.82, 2.24) is 0 Å². The zero-order chi connectivity index (χ0) is 0. The van der Waals surface area contributed by atoms with Crippen LogP contribution in [0.4, 0.5) is 0 Å². The molecule has 0 saturated heterocycles. The number of hydrogen-bond donors (Lipinski definition) is 0. The van der Waals surface area contributed by atoms with Gasteiger partial charge >= 0.3 is 0 Å². The van der Waals surface area contributed by atoms with Crippen molar-refractivity contribution in [2.45, 2.75) is 0 Å². The van der Waals surface area contributed by atoms with Crippen LogP contribution < -0.4 is 0 Å². The summed E-state index contributed by atoms with van der Waals surface area (Å²) in [5.41, 5.74) is 0. The summed E-state index contributed by atoms with van der Waals surface area (Å²) in [6.07, 6.45) is 0. The third-order valence-electron chi connectivity index (χ3n) is 0. The zero-order valence-corrected chi connectivity index (χ0v) is 6.46. The zero-order valence-electron chi connectivity index (χ0n) is 5.35. The van der Waals surface area contributed by atoms with Gasteiger partial charge in [-0.1, -0.05) is 0 Å². The summed E-state index contributed by atoms with van der Waals surface area (Å²) in [7, 11) is 0. The van der Waals surface area contributed by atoms with Crippen LogP contribution in [0.25, 0.3) is 0 Å². The molecule has 0 aromatic carbocycles. The summed E-state index contributed by atoms with van der Waals surface area (Å²) in [5.74, 6) is 0. The Morgan fingerprint density at radius 2 is 0.182 bits per heavy atom. The van der Waals surface area contributed by atoms with E-state index < -0.39 is 0 Å². The first-order valence-corrected chi connectivity index (χ1v) is 0. The largest absolute Gasteiger partial charge is 0.412 e. The molecule has 10 nitrogen and oxygen atoms in total. The SMILES string of the molecule is O.O.O.O.O.O.O.O.O.O.[Fe]. The molecule has 0 aliphatic heterocycles. The Kier molecular flexibility index (Phi) is 427000000. The van der Waals surface area contributed by atoms with E-state index in [0.717, 1.165) is 0 Å². The van der Waals surface area contributed by atoms with Crippen LogP contribution in [-0.2, 0) is 17.1 Å². The molecule has 0 aliphatic rings. The number of rotatable bonds is 0. The predicted octanol–water partition coefficient (Wildman–Crippen LogP) is -8.25. The average Bonchev–Trinajstić information content (AvgIpc) is 0. The normalized spacial score (nSPS) is 0. The molecule has 0 rings (SSSR count). The molecule has 0 radical (unpaired) electrons. The fraction of sp³-hybridized carbons (Fsp3) is 0. The Balaban J connectivity index is 0. The van der Waals surface area contributed by atoms with E-state index in [1.165, 1.54) is 0 Å². The second kappa shape index (κ2) is 59000. The maximum atomic E-state index is 0. The maximum Gasteiger partial charge on any atom is 0 e. The third kappa shape index (κ3) is 46700. The van der Waals surface area contributed by atoms with E-state index in [2.05, 4.69) is 0 Å². The van der Waals surface area contributed by atoms with E-state index >= 15 is 0 Å². The van der Waals surface area contributed by atoms with Gasteiger partial charge in [0.25, 0.3) is 0 Å². The third-order valence-corrected chi connectivity index (χ3v) is 0. The first-order valence-electron chi connectivity index (χ1n) is 0. The van der Waals surface area contributed by atoms with Gasteiger partial charge in [0.1, 0.15) is 0 Å². The molecule has 0 aliphatic carbocycles. The molecule has 0 heterocycles. The molecule has 0 amide bonds. The molecule has 0 atom stereocenters. The Morgan fingerprint density at radius 1 is 0.182 bits per heavy atom. The molecule has 0 bridgehead atoms. The smallest absolute Gasteiger partial charge is 0 e. The van der Waals surface area contributed by atoms with Crippen molar-refractivity contribution in [2.75, 3.05) is 0 Å². The number of hydrogen-bond acceptors (Lipinski definition) is 0. The van der Waals surface area contributed by atoms with Gasteiger partial charge in [0.2, 0.25) is 0 Å². The van der Waals surface area contributed by atoms with Crippen LogP contribution in [0.3, 0.4) is 0 Å². The monoisotopic (exact) mass is 236 g/mol. The fourth-order valence-corrected chi connectivity index (χ4v) is 0. The molecule has 20 N–H and O–H groups in total. The topological polar surface area (TPSA) is 315 Å². The molecule has 11 heavy (non-hydrogen) atoms. The molecule has 11 heteroatoms. The van der Waals surface area contributed by atoms with Crippen molar-refractivity contribution in [3.05, 3.63) is 0 Å². The summed E-state index contributed by atoms with van der Waals surface area (Å²) in [5, 5.41) is 0. The first-order chi connectivity index (χ1) is 0. The van der Waals surface area contributed by atoms with Gasteiger partial charge in [-0.15, -0.1) is 0 Å². The van der Waals surface area contributed by atoms with Crippen molar-refractivity contribution in [2.24, 2.45) is 0 Å². The van der Waals surface area contributed by atoms with Crippen LogP contribution in [0, 0.1) is 0 Å². The van der Waals surface area contributed by atoms with E-state index in [1.807, 2.05) is 0 Å². The van der Waals surface area contributed by atoms with Gasteiger partial charge in [-0.25, -0.2) is 0 Å². The van der Waals surface area contributed by atoms with Gasteiger partial charge in [-0.05, 0) is 0 Å². The molecule has 0 aromatic rings. The molecule has 0 unspecified atom stereocenters. The van der Waals surface area contributed by atoms with Gasteiger partial charge in [0, 0.05) is 17.1 Å². The summed E-state index contributed by atoms with van der Waals surface area (Å²) in [6, 6.07) is 0. The van der Waals surface area contributed by atoms with E-state index in [1.54, 1.807) is 0 Å². The molecule has 0 saturated carbocycles. The Hall–Kier alpha value is 0.119. The minimum Gasteiger partial charge on any atom is -0.412 e. The van der Waals surface area contributed by atoms with Crippen LogP contribution in [0.1, 0.15) is 0 Å². The van der Waals surface area contributed by atoms with Crippen molar-refractivity contribution >= 4 is 0 Å². The van der Waals surface area contributed by atoms with Crippen LogP contribution in [0.5, 0.6) is 0 Å². The average molecular weight is 236 g/mol. The predicted molar refractivity (Wildman–Crippen MR) is 36.1 cm³/mol. The van der Waals surface area contributed by atoms with Gasteiger partial charge in [-0.2, -0.15) is 0 Å². The van der Waals surface area contributed by atoms with E-state index in [-0.39, 0.29) is 71.8 Å². The van der Waals surface area contributed by atoms with Gasteiger partial charge < -0.3 is 54.8 Å². The van der Waals surface area contributed by atoms with Crippen LogP contribution in [0.2, 0.25) is 0 Å². The van der Waals surface area contributed by atoms with Crippen LogP contribution in [-0.4, -0.2) is 54.8 Å². The van der Waals surface area contributed by atoms with Gasteiger partial charge in [0.05, 0.1) is 0 Å². The second-order valence-electron chi connectivity index (χ2n) is 0. The standard InChI is InChI=1S/Fe.10H2O/h;10*1H2. The minimum absolute atomic E-state index is 0. The summed E-state index contributed by atoms with van der Waals surface area (Å²) >= 11 is 0. The summed E-state index contributed by atoms with van der Waals surface area (Å²) in [4.78, 5) is 0. The molecular formula is H20FeO10. The Morgan fingerprint density at radius 3 is 0.182 bits per heavy atom. The minimum atomic E-state index is 0. The van der Waals surface area contributed by atoms with Gasteiger partial charge in [0.15, 0.2) is 0 Å². The second-order valence-corrected chi connectivity index (χ2v) is 0. The van der Waals surface area contributed by atoms with Gasteiger partial charge in [-0.3, -0.25) is 0 Å². The Bertz CT molecular complexity index is 4.83. The Labute approximate surface area is 72.8 Å². The van der Waals surface area contributed by atoms with E-state index in [4.69, 9.17) is 0 Å². The summed E-state index contributed by atoms with van der Waals surface area (Å²) < 4.78 is 0. The maximum absolute atomic E-state index is 0. The molecule has 88 valence electrons. The quantitative estimate of drug-likeness (QED) is 0.353. The molecule has 0 fully saturated rings.